The Kier molecular flexibility index (Phi) is 7.26. The van der Waals surface area contributed by atoms with Crippen molar-refractivity contribution in [3.05, 3.63) is 97.0 Å². The van der Waals surface area contributed by atoms with Gasteiger partial charge in [0.1, 0.15) is 17.9 Å². The summed E-state index contributed by atoms with van der Waals surface area (Å²) in [4.78, 5) is 27.1. The molecule has 1 fully saturated rings. The highest BCUT2D eigenvalue weighted by molar-refractivity contribution is 14.1. The van der Waals surface area contributed by atoms with E-state index >= 15 is 0 Å². The van der Waals surface area contributed by atoms with Crippen molar-refractivity contribution < 1.29 is 14.3 Å². The third-order valence-corrected chi connectivity index (χ3v) is 6.51. The topological polar surface area (TPSA) is 58.6 Å². The summed E-state index contributed by atoms with van der Waals surface area (Å²) in [6.45, 7) is 2.34. The van der Waals surface area contributed by atoms with Gasteiger partial charge < -0.3 is 4.74 Å². The average molecular weight is 633 g/mol. The maximum Gasteiger partial charge on any atom is 0.270 e. The maximum atomic E-state index is 13.2. The van der Waals surface area contributed by atoms with Gasteiger partial charge in [-0.1, -0.05) is 40.2 Å². The van der Waals surface area contributed by atoms with E-state index in [0.29, 0.717) is 23.6 Å². The number of amides is 2. The summed E-state index contributed by atoms with van der Waals surface area (Å²) < 4.78 is 7.90. The number of anilines is 1. The van der Waals surface area contributed by atoms with Gasteiger partial charge in [-0.2, -0.15) is 0 Å². The van der Waals surface area contributed by atoms with Gasteiger partial charge in [-0.05, 0) is 107 Å². The van der Waals surface area contributed by atoms with Crippen molar-refractivity contribution in [2.24, 2.45) is 0 Å². The second kappa shape index (κ2) is 10.1. The van der Waals surface area contributed by atoms with E-state index in [1.807, 2.05) is 55.5 Å². The van der Waals surface area contributed by atoms with Crippen LogP contribution in [0.4, 0.5) is 5.69 Å². The molecule has 0 spiro atoms. The van der Waals surface area contributed by atoms with Crippen molar-refractivity contribution in [1.82, 2.24) is 5.32 Å². The second-order valence-corrected chi connectivity index (χ2v) is 9.92. The minimum atomic E-state index is -0.518. The van der Waals surface area contributed by atoms with Gasteiger partial charge in [-0.15, -0.1) is 0 Å². The number of thiocarbonyl (C=S) groups is 1. The van der Waals surface area contributed by atoms with Gasteiger partial charge in [-0.3, -0.25) is 19.8 Å². The smallest absolute Gasteiger partial charge is 0.270 e. The Labute approximate surface area is 219 Å². The molecule has 33 heavy (non-hydrogen) atoms. The Morgan fingerprint density at radius 1 is 1.06 bits per heavy atom. The summed E-state index contributed by atoms with van der Waals surface area (Å²) in [5.74, 6) is -0.285. The highest BCUT2D eigenvalue weighted by atomic mass is 127. The molecule has 0 atom stereocenters. The fourth-order valence-corrected chi connectivity index (χ4v) is 4.43. The van der Waals surface area contributed by atoms with Gasteiger partial charge >= 0.3 is 0 Å². The number of rotatable bonds is 5. The molecule has 1 aliphatic rings. The average Bonchev–Trinajstić information content (AvgIpc) is 2.78. The lowest BCUT2D eigenvalue weighted by Gasteiger charge is -2.30. The molecule has 3 aromatic rings. The van der Waals surface area contributed by atoms with Crippen molar-refractivity contribution in [2.45, 2.75) is 13.5 Å². The van der Waals surface area contributed by atoms with Crippen LogP contribution in [0.3, 0.4) is 0 Å². The summed E-state index contributed by atoms with van der Waals surface area (Å²) in [5.41, 5.74) is 3.27. The molecule has 0 unspecified atom stereocenters. The van der Waals surface area contributed by atoms with Crippen LogP contribution in [0.25, 0.3) is 6.08 Å². The molecule has 3 aromatic carbocycles. The van der Waals surface area contributed by atoms with Gasteiger partial charge in [0.25, 0.3) is 11.8 Å². The van der Waals surface area contributed by atoms with Crippen LogP contribution in [0.2, 0.25) is 0 Å². The number of halogens is 2. The Morgan fingerprint density at radius 2 is 1.76 bits per heavy atom. The molecule has 0 aliphatic carbocycles. The standard InChI is InChI=1S/C25H18BrIN2O3S/c1-15-12-18(26)6-11-22(15)29-24(31)21(23(30)28-25(29)33)13-16-4-9-20(10-5-16)32-14-17-2-7-19(27)8-3-17/h2-13H,14H2,1H3,(H,28,30,33)/b21-13+. The first-order chi connectivity index (χ1) is 15.8. The van der Waals surface area contributed by atoms with E-state index in [1.165, 1.54) is 8.47 Å². The van der Waals surface area contributed by atoms with Gasteiger partial charge in [0, 0.05) is 8.04 Å². The first kappa shape index (κ1) is 23.6. The predicted octanol–water partition coefficient (Wildman–Crippen LogP) is 5.77. The predicted molar refractivity (Wildman–Crippen MR) is 145 cm³/mol. The van der Waals surface area contributed by atoms with E-state index < -0.39 is 11.8 Å². The number of carbonyl (C=O) groups excluding carboxylic acids is 2. The van der Waals surface area contributed by atoms with Crippen LogP contribution < -0.4 is 15.0 Å². The van der Waals surface area contributed by atoms with Gasteiger partial charge in [0.15, 0.2) is 5.11 Å². The maximum absolute atomic E-state index is 13.2. The number of benzene rings is 3. The fourth-order valence-electron chi connectivity index (χ4n) is 3.32. The molecule has 0 aromatic heterocycles. The molecule has 0 radical (unpaired) electrons. The Hall–Kier alpha value is -2.56. The number of nitrogens with zero attached hydrogens (tertiary/aromatic N) is 1. The van der Waals surface area contributed by atoms with Crippen LogP contribution in [0.5, 0.6) is 5.75 Å². The number of nitrogens with one attached hydrogen (secondary N) is 1. The van der Waals surface area contributed by atoms with E-state index in [1.54, 1.807) is 24.3 Å². The second-order valence-electron chi connectivity index (χ2n) is 7.37. The zero-order valence-electron chi connectivity index (χ0n) is 17.5. The number of hydrogen-bond donors (Lipinski definition) is 1. The molecule has 1 aliphatic heterocycles. The van der Waals surface area contributed by atoms with Crippen molar-refractivity contribution >= 4 is 79.4 Å². The van der Waals surface area contributed by atoms with E-state index in [0.717, 1.165) is 15.6 Å². The van der Waals surface area contributed by atoms with Crippen LogP contribution in [0.1, 0.15) is 16.7 Å². The Bertz CT molecular complexity index is 1270. The molecule has 1 N–H and O–H groups in total. The quantitative estimate of drug-likeness (QED) is 0.168. The summed E-state index contributed by atoms with van der Waals surface area (Å²) in [6, 6.07) is 20.9. The molecule has 1 saturated heterocycles. The zero-order chi connectivity index (χ0) is 23.5. The van der Waals surface area contributed by atoms with E-state index in [9.17, 15) is 9.59 Å². The van der Waals surface area contributed by atoms with Crippen LogP contribution in [-0.4, -0.2) is 16.9 Å². The van der Waals surface area contributed by atoms with Crippen LogP contribution >= 0.6 is 50.7 Å². The Morgan fingerprint density at radius 3 is 2.42 bits per heavy atom. The number of ether oxygens (including phenoxy) is 1. The van der Waals surface area contributed by atoms with Crippen LogP contribution in [-0.2, 0) is 16.2 Å². The summed E-state index contributed by atoms with van der Waals surface area (Å²) >= 11 is 11.0. The zero-order valence-corrected chi connectivity index (χ0v) is 22.0. The van der Waals surface area contributed by atoms with Crippen molar-refractivity contribution in [2.75, 3.05) is 4.90 Å². The molecule has 166 valence electrons. The van der Waals surface area contributed by atoms with Crippen LogP contribution in [0, 0.1) is 10.5 Å². The van der Waals surface area contributed by atoms with Crippen molar-refractivity contribution in [3.8, 4) is 5.75 Å². The first-order valence-electron chi connectivity index (χ1n) is 9.97. The largest absolute Gasteiger partial charge is 0.489 e. The first-order valence-corrected chi connectivity index (χ1v) is 12.2. The molecule has 0 saturated carbocycles. The van der Waals surface area contributed by atoms with Gasteiger partial charge in [0.05, 0.1) is 5.69 Å². The Balaban J connectivity index is 1.53. The molecule has 1 heterocycles. The van der Waals surface area contributed by atoms with Gasteiger partial charge in [0.2, 0.25) is 0 Å². The van der Waals surface area contributed by atoms with Crippen molar-refractivity contribution in [1.29, 1.82) is 0 Å². The minimum Gasteiger partial charge on any atom is -0.489 e. The SMILES string of the molecule is Cc1cc(Br)ccc1N1C(=O)/C(=C/c2ccc(OCc3ccc(I)cc3)cc2)C(=O)NC1=S. The lowest BCUT2D eigenvalue weighted by Crippen LogP contribution is -2.54. The number of carbonyl (C=O) groups is 2. The molecule has 0 bridgehead atoms. The summed E-state index contributed by atoms with van der Waals surface area (Å²) in [6.07, 6.45) is 1.56. The molecule has 8 heteroatoms. The molecular formula is C25H18BrIN2O3S. The van der Waals surface area contributed by atoms with E-state index in [2.05, 4.69) is 43.8 Å². The molecule has 4 rings (SSSR count). The third-order valence-electron chi connectivity index (χ3n) is 5.01. The number of hydrogen-bond acceptors (Lipinski definition) is 4. The summed E-state index contributed by atoms with van der Waals surface area (Å²) in [5, 5.41) is 2.68. The minimum absolute atomic E-state index is 0.0125. The normalized spacial score (nSPS) is 15.1. The third kappa shape index (κ3) is 5.51. The lowest BCUT2D eigenvalue weighted by molar-refractivity contribution is -0.122. The summed E-state index contributed by atoms with van der Waals surface area (Å²) in [7, 11) is 0. The lowest BCUT2D eigenvalue weighted by atomic mass is 10.1. The highest BCUT2D eigenvalue weighted by Crippen LogP contribution is 2.28. The fraction of sp³-hybridized carbons (Fsp3) is 0.0800. The van der Waals surface area contributed by atoms with Gasteiger partial charge in [-0.25, -0.2) is 0 Å². The number of aryl methyl sites for hydroxylation is 1. The molecule has 5 nitrogen and oxygen atoms in total. The molecular weight excluding hydrogens is 615 g/mol. The van der Waals surface area contributed by atoms with E-state index in [-0.39, 0.29) is 10.7 Å². The van der Waals surface area contributed by atoms with Crippen molar-refractivity contribution in [3.63, 3.8) is 0 Å². The molecule has 2 amide bonds. The van der Waals surface area contributed by atoms with Crippen LogP contribution in [0.15, 0.2) is 76.8 Å². The van der Waals surface area contributed by atoms with E-state index in [4.69, 9.17) is 17.0 Å². The monoisotopic (exact) mass is 632 g/mol. The highest BCUT2D eigenvalue weighted by Gasteiger charge is 2.35.